The molecule has 20 heavy (non-hydrogen) atoms. The third-order valence-electron chi connectivity index (χ3n) is 4.37. The summed E-state index contributed by atoms with van der Waals surface area (Å²) in [6, 6.07) is 8.55. The zero-order valence-electron chi connectivity index (χ0n) is 12.5. The van der Waals surface area contributed by atoms with Crippen LogP contribution in [0.3, 0.4) is 0 Å². The zero-order chi connectivity index (χ0) is 14.4. The molecule has 0 radical (unpaired) electrons. The van der Waals surface area contributed by atoms with Gasteiger partial charge < -0.3 is 10.1 Å². The highest BCUT2D eigenvalue weighted by atomic mass is 16.5. The van der Waals surface area contributed by atoms with E-state index in [0.717, 1.165) is 18.0 Å². The molecular weight excluding hydrogens is 248 g/mol. The van der Waals surface area contributed by atoms with Crippen molar-refractivity contribution in [2.45, 2.75) is 51.6 Å². The molecule has 0 aromatic heterocycles. The van der Waals surface area contributed by atoms with E-state index in [1.165, 1.54) is 32.1 Å². The van der Waals surface area contributed by atoms with Gasteiger partial charge in [0.1, 0.15) is 11.8 Å². The summed E-state index contributed by atoms with van der Waals surface area (Å²) >= 11 is 0. The molecule has 1 aromatic rings. The molecule has 108 valence electrons. The fourth-order valence-electron chi connectivity index (χ4n) is 3.03. The van der Waals surface area contributed by atoms with Gasteiger partial charge in [0, 0.05) is 12.6 Å². The van der Waals surface area contributed by atoms with Crippen molar-refractivity contribution in [1.29, 1.82) is 5.26 Å². The summed E-state index contributed by atoms with van der Waals surface area (Å²) in [7, 11) is 1.60. The van der Waals surface area contributed by atoms with E-state index in [2.05, 4.69) is 18.3 Å². The number of benzene rings is 1. The van der Waals surface area contributed by atoms with Crippen molar-refractivity contribution in [3.63, 3.8) is 0 Å². The predicted molar refractivity (Wildman–Crippen MR) is 80.6 cm³/mol. The minimum Gasteiger partial charge on any atom is -0.495 e. The summed E-state index contributed by atoms with van der Waals surface area (Å²) in [5.74, 6) is 1.45. The molecule has 0 spiro atoms. The highest BCUT2D eigenvalue weighted by Crippen LogP contribution is 2.26. The molecule has 1 N–H and O–H groups in total. The molecule has 0 saturated heterocycles. The molecular formula is C17H24N2O. The van der Waals surface area contributed by atoms with Gasteiger partial charge in [0.25, 0.3) is 0 Å². The van der Waals surface area contributed by atoms with Crippen LogP contribution in [0.4, 0.5) is 0 Å². The minimum atomic E-state index is 0.544. The van der Waals surface area contributed by atoms with E-state index in [0.29, 0.717) is 17.4 Å². The number of rotatable bonds is 5. The Morgan fingerprint density at radius 2 is 2.10 bits per heavy atom. The third-order valence-corrected chi connectivity index (χ3v) is 4.37. The van der Waals surface area contributed by atoms with E-state index < -0.39 is 0 Å². The molecule has 2 rings (SSSR count). The third kappa shape index (κ3) is 3.74. The van der Waals surface area contributed by atoms with Crippen LogP contribution >= 0.6 is 0 Å². The molecule has 3 nitrogen and oxygen atoms in total. The number of nitrogens with one attached hydrogen (secondary N) is 1. The second-order valence-corrected chi connectivity index (χ2v) is 5.71. The van der Waals surface area contributed by atoms with Crippen LogP contribution in [-0.4, -0.2) is 13.2 Å². The normalized spacial score (nSPS) is 17.4. The van der Waals surface area contributed by atoms with Gasteiger partial charge in [-0.15, -0.1) is 0 Å². The molecule has 1 unspecified atom stereocenters. The van der Waals surface area contributed by atoms with Crippen LogP contribution in [-0.2, 0) is 6.54 Å². The largest absolute Gasteiger partial charge is 0.495 e. The van der Waals surface area contributed by atoms with Gasteiger partial charge in [-0.2, -0.15) is 5.26 Å². The van der Waals surface area contributed by atoms with Gasteiger partial charge in [-0.25, -0.2) is 0 Å². The maximum Gasteiger partial charge on any atom is 0.136 e. The lowest BCUT2D eigenvalue weighted by molar-refractivity contribution is 0.280. The number of nitrogens with zero attached hydrogens (tertiary/aromatic N) is 1. The first-order valence-corrected chi connectivity index (χ1v) is 7.55. The smallest absolute Gasteiger partial charge is 0.136 e. The monoisotopic (exact) mass is 272 g/mol. The number of hydrogen-bond donors (Lipinski definition) is 1. The lowest BCUT2D eigenvalue weighted by Crippen LogP contribution is -2.34. The van der Waals surface area contributed by atoms with Gasteiger partial charge in [-0.3, -0.25) is 0 Å². The first kappa shape index (κ1) is 14.9. The molecule has 0 amide bonds. The van der Waals surface area contributed by atoms with Gasteiger partial charge >= 0.3 is 0 Å². The Morgan fingerprint density at radius 3 is 2.75 bits per heavy atom. The van der Waals surface area contributed by atoms with Crippen molar-refractivity contribution in [2.24, 2.45) is 5.92 Å². The molecule has 1 atom stereocenters. The Hall–Kier alpha value is -1.53. The van der Waals surface area contributed by atoms with E-state index in [1.807, 2.05) is 18.2 Å². The Morgan fingerprint density at radius 1 is 1.35 bits per heavy atom. The Balaban J connectivity index is 1.91. The Bertz CT molecular complexity index is 472. The van der Waals surface area contributed by atoms with E-state index in [1.54, 1.807) is 7.11 Å². The van der Waals surface area contributed by atoms with Gasteiger partial charge in [-0.05, 0) is 43.4 Å². The molecule has 3 heteroatoms. The van der Waals surface area contributed by atoms with E-state index in [-0.39, 0.29) is 0 Å². The molecule has 1 fully saturated rings. The maximum atomic E-state index is 9.10. The number of hydrogen-bond acceptors (Lipinski definition) is 3. The lowest BCUT2D eigenvalue weighted by Gasteiger charge is -2.28. The molecule has 1 aliphatic rings. The van der Waals surface area contributed by atoms with Crippen LogP contribution in [0, 0.1) is 17.2 Å². The van der Waals surface area contributed by atoms with E-state index in [9.17, 15) is 0 Å². The fourth-order valence-corrected chi connectivity index (χ4v) is 3.03. The van der Waals surface area contributed by atoms with E-state index >= 15 is 0 Å². The van der Waals surface area contributed by atoms with Crippen LogP contribution in [0.15, 0.2) is 18.2 Å². The zero-order valence-corrected chi connectivity index (χ0v) is 12.5. The van der Waals surface area contributed by atoms with Crippen LogP contribution in [0.5, 0.6) is 5.75 Å². The van der Waals surface area contributed by atoms with Gasteiger partial charge in [-0.1, -0.05) is 25.3 Å². The summed E-state index contributed by atoms with van der Waals surface area (Å²) in [4.78, 5) is 0. The second-order valence-electron chi connectivity index (χ2n) is 5.71. The molecule has 0 heterocycles. The summed E-state index contributed by atoms with van der Waals surface area (Å²) in [6.45, 7) is 3.10. The van der Waals surface area contributed by atoms with Crippen molar-refractivity contribution in [2.75, 3.05) is 7.11 Å². The van der Waals surface area contributed by atoms with Gasteiger partial charge in [0.15, 0.2) is 0 Å². The predicted octanol–water partition coefficient (Wildman–Crippen LogP) is 3.63. The van der Waals surface area contributed by atoms with Gasteiger partial charge in [0.2, 0.25) is 0 Å². The minimum absolute atomic E-state index is 0.544. The Labute approximate surface area is 121 Å². The molecule has 1 saturated carbocycles. The standard InChI is InChI=1S/C17H24N2O/c1-13(15-6-4-3-5-7-15)19-12-14-8-9-17(20-2)16(10-14)11-18/h8-10,13,15,19H,3-7,12H2,1-2H3. The highest BCUT2D eigenvalue weighted by molar-refractivity contribution is 5.45. The summed E-state index contributed by atoms with van der Waals surface area (Å²) in [5.41, 5.74) is 1.75. The first-order valence-electron chi connectivity index (χ1n) is 7.55. The number of ether oxygens (including phenoxy) is 1. The summed E-state index contributed by atoms with van der Waals surface area (Å²) in [5, 5.41) is 12.7. The number of nitriles is 1. The van der Waals surface area contributed by atoms with Crippen molar-refractivity contribution < 1.29 is 4.74 Å². The van der Waals surface area contributed by atoms with Crippen LogP contribution in [0.25, 0.3) is 0 Å². The van der Waals surface area contributed by atoms with Crippen molar-refractivity contribution in [3.05, 3.63) is 29.3 Å². The number of methoxy groups -OCH3 is 1. The molecule has 0 aliphatic heterocycles. The SMILES string of the molecule is COc1ccc(CNC(C)C2CCCCC2)cc1C#N. The molecule has 1 aliphatic carbocycles. The van der Waals surface area contributed by atoms with Gasteiger partial charge in [0.05, 0.1) is 12.7 Å². The van der Waals surface area contributed by atoms with Crippen LogP contribution < -0.4 is 10.1 Å². The summed E-state index contributed by atoms with van der Waals surface area (Å²) < 4.78 is 5.17. The van der Waals surface area contributed by atoms with E-state index in [4.69, 9.17) is 10.00 Å². The first-order chi connectivity index (χ1) is 9.74. The van der Waals surface area contributed by atoms with Crippen LogP contribution in [0.2, 0.25) is 0 Å². The average molecular weight is 272 g/mol. The lowest BCUT2D eigenvalue weighted by atomic mass is 9.84. The topological polar surface area (TPSA) is 45.0 Å². The second kappa shape index (κ2) is 7.31. The highest BCUT2D eigenvalue weighted by Gasteiger charge is 2.19. The van der Waals surface area contributed by atoms with Crippen molar-refractivity contribution in [3.8, 4) is 11.8 Å². The fraction of sp³-hybridized carbons (Fsp3) is 0.588. The summed E-state index contributed by atoms with van der Waals surface area (Å²) in [6.07, 6.45) is 6.84. The molecule has 1 aromatic carbocycles. The Kier molecular flexibility index (Phi) is 5.43. The maximum absolute atomic E-state index is 9.10. The van der Waals surface area contributed by atoms with Crippen LogP contribution in [0.1, 0.15) is 50.2 Å². The quantitative estimate of drug-likeness (QED) is 0.890. The van der Waals surface area contributed by atoms with Crippen molar-refractivity contribution in [1.82, 2.24) is 5.32 Å². The van der Waals surface area contributed by atoms with Crippen molar-refractivity contribution >= 4 is 0 Å². The molecule has 0 bridgehead atoms. The average Bonchev–Trinajstić information content (AvgIpc) is 2.53.